The van der Waals surface area contributed by atoms with Crippen LogP contribution in [0.4, 0.5) is 5.69 Å². The maximum Gasteiger partial charge on any atom is 0.115 e. The number of benzene rings is 2. The van der Waals surface area contributed by atoms with Gasteiger partial charge in [-0.25, -0.2) is 0 Å². The molecule has 1 fully saturated rings. The largest absolute Gasteiger partial charge is 0.508 e. The number of phenolic OH excluding ortho intramolecular Hbond substituents is 1. The van der Waals surface area contributed by atoms with E-state index in [-0.39, 0.29) is 5.75 Å². The van der Waals surface area contributed by atoms with Crippen molar-refractivity contribution in [2.45, 2.75) is 58.2 Å². The van der Waals surface area contributed by atoms with Crippen LogP contribution in [-0.2, 0) is 11.3 Å². The maximum absolute atomic E-state index is 9.62. The third-order valence-corrected chi connectivity index (χ3v) is 5.82. The van der Waals surface area contributed by atoms with Gasteiger partial charge in [-0.3, -0.25) is 0 Å². The second-order valence-corrected chi connectivity index (χ2v) is 7.61. The van der Waals surface area contributed by atoms with Gasteiger partial charge in [0.1, 0.15) is 5.75 Å². The molecule has 2 aromatic carbocycles. The van der Waals surface area contributed by atoms with Crippen molar-refractivity contribution in [3.63, 3.8) is 0 Å². The second kappa shape index (κ2) is 8.77. The Balaban J connectivity index is 2.02. The fourth-order valence-corrected chi connectivity index (χ4v) is 4.22. The minimum atomic E-state index is 0.289. The maximum atomic E-state index is 9.62. The number of rotatable bonds is 6. The predicted molar refractivity (Wildman–Crippen MR) is 112 cm³/mol. The van der Waals surface area contributed by atoms with Gasteiger partial charge in [-0.15, -0.1) is 0 Å². The lowest BCUT2D eigenvalue weighted by Crippen LogP contribution is -2.41. The van der Waals surface area contributed by atoms with Gasteiger partial charge in [0.15, 0.2) is 0 Å². The van der Waals surface area contributed by atoms with Crippen LogP contribution in [0.2, 0.25) is 0 Å². The highest BCUT2D eigenvalue weighted by Gasteiger charge is 2.25. The Morgan fingerprint density at radius 1 is 1.07 bits per heavy atom. The van der Waals surface area contributed by atoms with Crippen molar-refractivity contribution in [2.75, 3.05) is 18.6 Å². The number of ether oxygens (including phenoxy) is 1. The first-order valence-corrected chi connectivity index (χ1v) is 9.97. The van der Waals surface area contributed by atoms with Gasteiger partial charge in [0.25, 0.3) is 0 Å². The molecule has 3 N–H and O–H groups in total. The Kier molecular flexibility index (Phi) is 6.40. The van der Waals surface area contributed by atoms with Gasteiger partial charge < -0.3 is 20.5 Å². The smallest absolute Gasteiger partial charge is 0.115 e. The summed E-state index contributed by atoms with van der Waals surface area (Å²) in [6.45, 7) is 6.00. The lowest BCUT2D eigenvalue weighted by Gasteiger charge is -2.38. The lowest BCUT2D eigenvalue weighted by atomic mass is 9.89. The summed E-state index contributed by atoms with van der Waals surface area (Å²) in [7, 11) is 1.74. The van der Waals surface area contributed by atoms with Crippen molar-refractivity contribution in [1.82, 2.24) is 0 Å². The van der Waals surface area contributed by atoms with Crippen LogP contribution in [0.3, 0.4) is 0 Å². The fourth-order valence-electron chi connectivity index (χ4n) is 4.22. The standard InChI is InChI=1S/C23H32N2O2/c1-4-25(21-9-7-20(24)8-10-21)23-14-18(13-19(15-27-3)16(23)2)17-5-11-22(26)12-6-17/h5-6,11-14,20-21,26H,4,7-10,15,24H2,1-3H3. The molecule has 0 radical (unpaired) electrons. The molecule has 1 saturated carbocycles. The molecule has 1 aliphatic rings. The van der Waals surface area contributed by atoms with Gasteiger partial charge in [0.2, 0.25) is 0 Å². The zero-order chi connectivity index (χ0) is 19.4. The van der Waals surface area contributed by atoms with E-state index in [1.165, 1.54) is 16.8 Å². The highest BCUT2D eigenvalue weighted by atomic mass is 16.5. The second-order valence-electron chi connectivity index (χ2n) is 7.61. The summed E-state index contributed by atoms with van der Waals surface area (Å²) < 4.78 is 5.47. The van der Waals surface area contributed by atoms with Crippen molar-refractivity contribution in [2.24, 2.45) is 5.73 Å². The summed E-state index contributed by atoms with van der Waals surface area (Å²) >= 11 is 0. The van der Waals surface area contributed by atoms with Gasteiger partial charge in [-0.1, -0.05) is 12.1 Å². The van der Waals surface area contributed by atoms with Crippen LogP contribution >= 0.6 is 0 Å². The molecule has 0 saturated heterocycles. The van der Waals surface area contributed by atoms with Crippen molar-refractivity contribution in [3.05, 3.63) is 47.5 Å². The Hall–Kier alpha value is -2.04. The van der Waals surface area contributed by atoms with Crippen LogP contribution in [0.5, 0.6) is 5.75 Å². The Bertz CT molecular complexity index is 750. The summed E-state index contributed by atoms with van der Waals surface area (Å²) in [4.78, 5) is 2.55. The molecule has 0 bridgehead atoms. The molecule has 0 unspecified atom stereocenters. The van der Waals surface area contributed by atoms with E-state index in [0.717, 1.165) is 43.4 Å². The summed E-state index contributed by atoms with van der Waals surface area (Å²) in [6, 6.07) is 12.8. The highest BCUT2D eigenvalue weighted by molar-refractivity contribution is 5.73. The molecule has 0 amide bonds. The van der Waals surface area contributed by atoms with E-state index in [9.17, 15) is 5.11 Å². The number of nitrogens with zero attached hydrogens (tertiary/aromatic N) is 1. The lowest BCUT2D eigenvalue weighted by molar-refractivity contribution is 0.184. The van der Waals surface area contributed by atoms with E-state index in [4.69, 9.17) is 10.5 Å². The van der Waals surface area contributed by atoms with Crippen molar-refractivity contribution in [1.29, 1.82) is 0 Å². The normalized spacial score (nSPS) is 19.9. The van der Waals surface area contributed by atoms with Crippen LogP contribution in [0.15, 0.2) is 36.4 Å². The molecule has 4 heteroatoms. The van der Waals surface area contributed by atoms with E-state index >= 15 is 0 Å². The van der Waals surface area contributed by atoms with E-state index in [0.29, 0.717) is 18.7 Å². The molecule has 146 valence electrons. The molecule has 0 spiro atoms. The zero-order valence-electron chi connectivity index (χ0n) is 16.7. The number of nitrogens with two attached hydrogens (primary N) is 1. The van der Waals surface area contributed by atoms with Crippen LogP contribution in [0.1, 0.15) is 43.7 Å². The van der Waals surface area contributed by atoms with Crippen molar-refractivity contribution >= 4 is 5.69 Å². The number of aromatic hydroxyl groups is 1. The van der Waals surface area contributed by atoms with E-state index in [2.05, 4.69) is 30.9 Å². The SMILES string of the molecule is CCN(c1cc(-c2ccc(O)cc2)cc(COC)c1C)C1CCC(N)CC1. The minimum Gasteiger partial charge on any atom is -0.508 e. The number of hydrogen-bond acceptors (Lipinski definition) is 4. The third kappa shape index (κ3) is 4.45. The number of anilines is 1. The molecule has 0 aromatic heterocycles. The molecule has 0 atom stereocenters. The van der Waals surface area contributed by atoms with Gasteiger partial charge in [0, 0.05) is 31.4 Å². The molecule has 0 aliphatic heterocycles. The topological polar surface area (TPSA) is 58.7 Å². The number of phenols is 1. The zero-order valence-corrected chi connectivity index (χ0v) is 16.7. The summed E-state index contributed by atoms with van der Waals surface area (Å²) in [5.41, 5.74) is 12.2. The molecule has 0 heterocycles. The van der Waals surface area contributed by atoms with E-state index < -0.39 is 0 Å². The average molecular weight is 369 g/mol. The summed E-state index contributed by atoms with van der Waals surface area (Å²) in [5.74, 6) is 0.289. The van der Waals surface area contributed by atoms with Gasteiger partial charge in [-0.05, 0) is 86.1 Å². The fraction of sp³-hybridized carbons (Fsp3) is 0.478. The first-order chi connectivity index (χ1) is 13.0. The number of methoxy groups -OCH3 is 1. The number of hydrogen-bond donors (Lipinski definition) is 2. The highest BCUT2D eigenvalue weighted by Crippen LogP contribution is 2.35. The van der Waals surface area contributed by atoms with Crippen LogP contribution in [-0.4, -0.2) is 30.8 Å². The van der Waals surface area contributed by atoms with Crippen LogP contribution in [0, 0.1) is 6.92 Å². The van der Waals surface area contributed by atoms with Crippen molar-refractivity contribution in [3.8, 4) is 16.9 Å². The van der Waals surface area contributed by atoms with Gasteiger partial charge in [-0.2, -0.15) is 0 Å². The minimum absolute atomic E-state index is 0.289. The quantitative estimate of drug-likeness (QED) is 0.782. The van der Waals surface area contributed by atoms with Crippen molar-refractivity contribution < 1.29 is 9.84 Å². The van der Waals surface area contributed by atoms with Crippen LogP contribution in [0.25, 0.3) is 11.1 Å². The molecule has 1 aliphatic carbocycles. The predicted octanol–water partition coefficient (Wildman–Crippen LogP) is 4.61. The Morgan fingerprint density at radius 2 is 1.74 bits per heavy atom. The first kappa shape index (κ1) is 19.7. The summed E-state index contributed by atoms with van der Waals surface area (Å²) in [6.07, 6.45) is 4.50. The van der Waals surface area contributed by atoms with E-state index in [1.54, 1.807) is 19.2 Å². The Morgan fingerprint density at radius 3 is 2.33 bits per heavy atom. The monoisotopic (exact) mass is 368 g/mol. The third-order valence-electron chi connectivity index (χ3n) is 5.82. The molecular weight excluding hydrogens is 336 g/mol. The van der Waals surface area contributed by atoms with Gasteiger partial charge in [0.05, 0.1) is 6.61 Å². The first-order valence-electron chi connectivity index (χ1n) is 9.97. The molecule has 27 heavy (non-hydrogen) atoms. The van der Waals surface area contributed by atoms with Crippen LogP contribution < -0.4 is 10.6 Å². The molecular formula is C23H32N2O2. The van der Waals surface area contributed by atoms with Gasteiger partial charge >= 0.3 is 0 Å². The molecule has 2 aromatic rings. The summed E-state index contributed by atoms with van der Waals surface area (Å²) in [5, 5.41) is 9.62. The molecule has 3 rings (SSSR count). The van der Waals surface area contributed by atoms with E-state index in [1.807, 2.05) is 12.1 Å². The Labute approximate surface area is 163 Å². The molecule has 4 nitrogen and oxygen atoms in total. The average Bonchev–Trinajstić information content (AvgIpc) is 2.67.